The average Bonchev–Trinajstić information content (AvgIpc) is 3.16. The molecule has 1 aromatic heterocycles. The van der Waals surface area contributed by atoms with Crippen molar-refractivity contribution in [3.63, 3.8) is 0 Å². The van der Waals surface area contributed by atoms with E-state index >= 15 is 0 Å². The number of piperazine rings is 1. The van der Waals surface area contributed by atoms with E-state index in [1.165, 1.54) is 11.8 Å². The Bertz CT molecular complexity index is 877. The van der Waals surface area contributed by atoms with E-state index in [-0.39, 0.29) is 17.9 Å². The Morgan fingerprint density at radius 3 is 2.57 bits per heavy atom. The first-order valence-corrected chi connectivity index (χ1v) is 11.0. The minimum Gasteiger partial charge on any atom is -0.342 e. The van der Waals surface area contributed by atoms with Crippen molar-refractivity contribution in [1.82, 2.24) is 29.9 Å². The van der Waals surface area contributed by atoms with Gasteiger partial charge < -0.3 is 19.7 Å². The Labute approximate surface area is 181 Å². The molecule has 1 aliphatic rings. The lowest BCUT2D eigenvalue weighted by molar-refractivity contribution is -0.129. The van der Waals surface area contributed by atoms with Crippen molar-refractivity contribution >= 4 is 23.6 Å². The molecular formula is C21H28N6O2S. The van der Waals surface area contributed by atoms with E-state index in [1.807, 2.05) is 34.6 Å². The smallest absolute Gasteiger partial charge is 0.251 e. The molecule has 9 heteroatoms. The molecule has 0 aliphatic carbocycles. The third-order valence-electron chi connectivity index (χ3n) is 5.01. The number of thioether (sulfide) groups is 1. The van der Waals surface area contributed by atoms with Crippen LogP contribution in [0.5, 0.6) is 0 Å². The topological polar surface area (TPSA) is 83.4 Å². The summed E-state index contributed by atoms with van der Waals surface area (Å²) < 4.78 is 1.89. The van der Waals surface area contributed by atoms with Crippen LogP contribution in [0.15, 0.2) is 48.1 Å². The second-order valence-corrected chi connectivity index (χ2v) is 8.22. The second-order valence-electron chi connectivity index (χ2n) is 7.27. The molecule has 1 saturated heterocycles. The van der Waals surface area contributed by atoms with E-state index in [9.17, 15) is 9.59 Å². The van der Waals surface area contributed by atoms with Gasteiger partial charge in [-0.25, -0.2) is 0 Å². The Balaban J connectivity index is 1.64. The molecule has 1 aliphatic heterocycles. The molecule has 30 heavy (non-hydrogen) atoms. The summed E-state index contributed by atoms with van der Waals surface area (Å²) >= 11 is 1.37. The molecule has 0 radical (unpaired) electrons. The number of hydrogen-bond donors (Lipinski definition) is 1. The minimum absolute atomic E-state index is 0.105. The van der Waals surface area contributed by atoms with Gasteiger partial charge in [-0.15, -0.1) is 16.8 Å². The lowest BCUT2D eigenvalue weighted by Crippen LogP contribution is -2.47. The van der Waals surface area contributed by atoms with Gasteiger partial charge in [0.25, 0.3) is 5.91 Å². The number of nitrogens with zero attached hydrogens (tertiary/aromatic N) is 5. The molecule has 2 amide bonds. The minimum atomic E-state index is -0.340. The van der Waals surface area contributed by atoms with Gasteiger partial charge in [-0.2, -0.15) is 0 Å². The summed E-state index contributed by atoms with van der Waals surface area (Å²) in [6, 6.07) is 8.71. The SMILES string of the molecule is C=CCn1c(SCC(=O)N2CCN(C)CC2)nnc1[C@H](C)NC(=O)c1ccccc1. The van der Waals surface area contributed by atoms with E-state index in [0.29, 0.717) is 28.8 Å². The van der Waals surface area contributed by atoms with Crippen LogP contribution in [0.2, 0.25) is 0 Å². The molecule has 0 spiro atoms. The molecule has 1 aromatic carbocycles. The normalized spacial score (nSPS) is 15.6. The third kappa shape index (κ3) is 5.48. The zero-order valence-electron chi connectivity index (χ0n) is 17.5. The Morgan fingerprint density at radius 1 is 1.20 bits per heavy atom. The molecule has 160 valence electrons. The van der Waals surface area contributed by atoms with Gasteiger partial charge in [-0.3, -0.25) is 9.59 Å². The second kappa shape index (κ2) is 10.4. The highest BCUT2D eigenvalue weighted by Gasteiger charge is 2.22. The van der Waals surface area contributed by atoms with Crippen LogP contribution in [0.25, 0.3) is 0 Å². The van der Waals surface area contributed by atoms with Gasteiger partial charge in [0.1, 0.15) is 0 Å². The lowest BCUT2D eigenvalue weighted by atomic mass is 10.2. The molecule has 1 N–H and O–H groups in total. The van der Waals surface area contributed by atoms with Crippen LogP contribution >= 0.6 is 11.8 Å². The van der Waals surface area contributed by atoms with Crippen LogP contribution in [-0.2, 0) is 11.3 Å². The first-order valence-electron chi connectivity index (χ1n) is 9.98. The average molecular weight is 429 g/mol. The summed E-state index contributed by atoms with van der Waals surface area (Å²) in [5, 5.41) is 12.1. The maximum Gasteiger partial charge on any atom is 0.251 e. The van der Waals surface area contributed by atoms with Crippen molar-refractivity contribution in [2.75, 3.05) is 39.0 Å². The van der Waals surface area contributed by atoms with Gasteiger partial charge in [-0.05, 0) is 26.1 Å². The molecule has 0 bridgehead atoms. The maximum absolute atomic E-state index is 12.5. The molecule has 8 nitrogen and oxygen atoms in total. The van der Waals surface area contributed by atoms with Crippen molar-refractivity contribution < 1.29 is 9.59 Å². The number of likely N-dealkylation sites (N-methyl/N-ethyl adjacent to an activating group) is 1. The number of aromatic nitrogens is 3. The predicted molar refractivity (Wildman–Crippen MR) is 117 cm³/mol. The quantitative estimate of drug-likeness (QED) is 0.510. The number of allylic oxidation sites excluding steroid dienone is 1. The van der Waals surface area contributed by atoms with Crippen LogP contribution < -0.4 is 5.32 Å². The summed E-state index contributed by atoms with van der Waals surface area (Å²) in [4.78, 5) is 29.1. The van der Waals surface area contributed by atoms with Gasteiger partial charge >= 0.3 is 0 Å². The van der Waals surface area contributed by atoms with E-state index < -0.39 is 0 Å². The van der Waals surface area contributed by atoms with Crippen molar-refractivity contribution in [2.45, 2.75) is 24.7 Å². The highest BCUT2D eigenvalue weighted by atomic mass is 32.2. The number of carbonyl (C=O) groups excluding carboxylic acids is 2. The van der Waals surface area contributed by atoms with Gasteiger partial charge in [0.2, 0.25) is 5.91 Å². The van der Waals surface area contributed by atoms with Gasteiger partial charge in [0.05, 0.1) is 11.8 Å². The van der Waals surface area contributed by atoms with Crippen molar-refractivity contribution in [2.24, 2.45) is 0 Å². The number of nitrogens with one attached hydrogen (secondary N) is 1. The van der Waals surface area contributed by atoms with E-state index in [4.69, 9.17) is 0 Å². The van der Waals surface area contributed by atoms with Crippen molar-refractivity contribution in [3.05, 3.63) is 54.4 Å². The third-order valence-corrected chi connectivity index (χ3v) is 5.96. The summed E-state index contributed by atoms with van der Waals surface area (Å²) in [5.41, 5.74) is 0.589. The predicted octanol–water partition coefficient (Wildman–Crippen LogP) is 1.82. The largest absolute Gasteiger partial charge is 0.342 e. The summed E-state index contributed by atoms with van der Waals surface area (Å²) in [7, 11) is 2.06. The number of benzene rings is 1. The summed E-state index contributed by atoms with van der Waals surface area (Å²) in [6.45, 7) is 9.47. The maximum atomic E-state index is 12.5. The van der Waals surface area contributed by atoms with Crippen molar-refractivity contribution in [1.29, 1.82) is 0 Å². The van der Waals surface area contributed by atoms with Gasteiger partial charge in [0.15, 0.2) is 11.0 Å². The molecule has 0 unspecified atom stereocenters. The monoisotopic (exact) mass is 428 g/mol. The van der Waals surface area contributed by atoms with Crippen LogP contribution in [0.3, 0.4) is 0 Å². The highest BCUT2D eigenvalue weighted by Crippen LogP contribution is 2.21. The summed E-state index contributed by atoms with van der Waals surface area (Å²) in [5.74, 6) is 0.877. The molecule has 2 heterocycles. The van der Waals surface area contributed by atoms with E-state index in [2.05, 4.69) is 34.0 Å². The molecule has 1 atom stereocenters. The zero-order valence-corrected chi connectivity index (χ0v) is 18.3. The molecular weight excluding hydrogens is 400 g/mol. The first kappa shape index (κ1) is 22.0. The van der Waals surface area contributed by atoms with Gasteiger partial charge in [0, 0.05) is 38.3 Å². The Morgan fingerprint density at radius 2 is 1.90 bits per heavy atom. The Kier molecular flexibility index (Phi) is 7.64. The summed E-state index contributed by atoms with van der Waals surface area (Å²) in [6.07, 6.45) is 1.75. The highest BCUT2D eigenvalue weighted by molar-refractivity contribution is 7.99. The molecule has 2 aromatic rings. The fourth-order valence-corrected chi connectivity index (χ4v) is 4.09. The number of amides is 2. The first-order chi connectivity index (χ1) is 14.5. The molecule has 0 saturated carbocycles. The number of rotatable bonds is 8. The van der Waals surface area contributed by atoms with Crippen molar-refractivity contribution in [3.8, 4) is 0 Å². The standard InChI is InChI=1S/C21H28N6O2S/c1-4-10-27-19(16(2)22-20(29)17-8-6-5-7-9-17)23-24-21(27)30-15-18(28)26-13-11-25(3)12-14-26/h4-9,16H,1,10-15H2,2-3H3,(H,22,29)/t16-/m0/s1. The number of hydrogen-bond acceptors (Lipinski definition) is 6. The van der Waals surface area contributed by atoms with Gasteiger partial charge in [-0.1, -0.05) is 36.0 Å². The van der Waals surface area contributed by atoms with E-state index in [0.717, 1.165) is 26.2 Å². The molecule has 1 fully saturated rings. The fourth-order valence-electron chi connectivity index (χ4n) is 3.24. The van der Waals surface area contributed by atoms with E-state index in [1.54, 1.807) is 18.2 Å². The van der Waals surface area contributed by atoms with Crippen LogP contribution in [-0.4, -0.2) is 75.4 Å². The number of carbonyl (C=O) groups is 2. The zero-order chi connectivity index (χ0) is 21.5. The Hall–Kier alpha value is -2.65. The van der Waals surface area contributed by atoms with Crippen LogP contribution in [0.1, 0.15) is 29.1 Å². The lowest BCUT2D eigenvalue weighted by Gasteiger charge is -2.32. The van der Waals surface area contributed by atoms with Crippen LogP contribution in [0.4, 0.5) is 0 Å². The van der Waals surface area contributed by atoms with Crippen LogP contribution in [0, 0.1) is 0 Å². The molecule has 3 rings (SSSR count). The fraction of sp³-hybridized carbons (Fsp3) is 0.429.